The predicted octanol–water partition coefficient (Wildman–Crippen LogP) is 4.52. The van der Waals surface area contributed by atoms with Crippen molar-refractivity contribution in [3.63, 3.8) is 0 Å². The van der Waals surface area contributed by atoms with E-state index in [4.69, 9.17) is 0 Å². The van der Waals surface area contributed by atoms with Gasteiger partial charge >= 0.3 is 0 Å². The van der Waals surface area contributed by atoms with Gasteiger partial charge in [-0.1, -0.05) is 43.3 Å². The molecule has 0 N–H and O–H groups in total. The quantitative estimate of drug-likeness (QED) is 0.716. The highest BCUT2D eigenvalue weighted by Gasteiger charge is 1.96. The van der Waals surface area contributed by atoms with Crippen LogP contribution in [0.5, 0.6) is 0 Å². The number of hydrogen-bond donors (Lipinski definition) is 0. The normalized spacial score (nSPS) is 10.3. The van der Waals surface area contributed by atoms with Crippen molar-refractivity contribution in [3.05, 3.63) is 57.7 Å². The molecule has 0 amide bonds. The maximum absolute atomic E-state index is 2.33. The van der Waals surface area contributed by atoms with E-state index in [1.807, 2.05) is 0 Å². The molecule has 0 fully saturated rings. The second-order valence-electron chi connectivity index (χ2n) is 3.56. The first kappa shape index (κ1) is 10.7. The van der Waals surface area contributed by atoms with Crippen molar-refractivity contribution >= 4 is 22.6 Å². The first-order chi connectivity index (χ1) is 7.29. The third kappa shape index (κ3) is 2.59. The van der Waals surface area contributed by atoms with Gasteiger partial charge in [0, 0.05) is 3.57 Å². The van der Waals surface area contributed by atoms with Crippen LogP contribution in [-0.4, -0.2) is 0 Å². The third-order valence-electron chi connectivity index (χ3n) is 2.54. The van der Waals surface area contributed by atoms with Crippen LogP contribution in [0.15, 0.2) is 48.5 Å². The van der Waals surface area contributed by atoms with Crippen LogP contribution in [-0.2, 0) is 6.42 Å². The van der Waals surface area contributed by atoms with Crippen LogP contribution in [0.4, 0.5) is 0 Å². The monoisotopic (exact) mass is 308 g/mol. The van der Waals surface area contributed by atoms with E-state index in [0.717, 1.165) is 6.42 Å². The standard InChI is InChI=1S/C14H13I/c1-2-11-3-5-12(6-4-11)13-7-9-14(15)10-8-13/h3-10H,2H2,1H3. The molecule has 0 aliphatic carbocycles. The largest absolute Gasteiger partial charge is 0.0613 e. The van der Waals surface area contributed by atoms with Crippen LogP contribution in [0, 0.1) is 3.57 Å². The molecule has 0 aromatic heterocycles. The highest BCUT2D eigenvalue weighted by Crippen LogP contribution is 2.20. The van der Waals surface area contributed by atoms with E-state index in [1.54, 1.807) is 0 Å². The van der Waals surface area contributed by atoms with Gasteiger partial charge in [-0.25, -0.2) is 0 Å². The maximum Gasteiger partial charge on any atom is 0.0130 e. The molecule has 0 unspecified atom stereocenters. The topological polar surface area (TPSA) is 0 Å². The van der Waals surface area contributed by atoms with Gasteiger partial charge in [0.2, 0.25) is 0 Å². The summed E-state index contributed by atoms with van der Waals surface area (Å²) in [5.74, 6) is 0. The van der Waals surface area contributed by atoms with E-state index >= 15 is 0 Å². The van der Waals surface area contributed by atoms with Crippen molar-refractivity contribution in [2.24, 2.45) is 0 Å². The van der Waals surface area contributed by atoms with Crippen LogP contribution in [0.3, 0.4) is 0 Å². The molecule has 0 aliphatic rings. The van der Waals surface area contributed by atoms with E-state index < -0.39 is 0 Å². The van der Waals surface area contributed by atoms with E-state index in [2.05, 4.69) is 78.0 Å². The predicted molar refractivity (Wildman–Crippen MR) is 74.0 cm³/mol. The van der Waals surface area contributed by atoms with Crippen molar-refractivity contribution in [2.75, 3.05) is 0 Å². The number of aryl methyl sites for hydroxylation is 1. The SMILES string of the molecule is CCc1ccc(-c2ccc(I)cc2)cc1. The van der Waals surface area contributed by atoms with Crippen molar-refractivity contribution < 1.29 is 0 Å². The molecule has 2 aromatic carbocycles. The molecule has 0 heterocycles. The minimum atomic E-state index is 1.10. The molecule has 0 saturated carbocycles. The van der Waals surface area contributed by atoms with Gasteiger partial charge in [0.05, 0.1) is 0 Å². The lowest BCUT2D eigenvalue weighted by molar-refractivity contribution is 1.14. The Morgan fingerprint density at radius 1 is 0.800 bits per heavy atom. The Hall–Kier alpha value is -0.830. The van der Waals surface area contributed by atoms with Crippen molar-refractivity contribution in [2.45, 2.75) is 13.3 Å². The van der Waals surface area contributed by atoms with Gasteiger partial charge in [-0.05, 0) is 57.8 Å². The Kier molecular flexibility index (Phi) is 3.41. The molecule has 0 saturated heterocycles. The molecule has 15 heavy (non-hydrogen) atoms. The third-order valence-corrected chi connectivity index (χ3v) is 3.26. The van der Waals surface area contributed by atoms with Crippen molar-refractivity contribution in [3.8, 4) is 11.1 Å². The van der Waals surface area contributed by atoms with Gasteiger partial charge in [-0.3, -0.25) is 0 Å². The average Bonchev–Trinajstić information content (AvgIpc) is 2.30. The zero-order chi connectivity index (χ0) is 10.7. The molecule has 0 nitrogen and oxygen atoms in total. The summed E-state index contributed by atoms with van der Waals surface area (Å²) in [7, 11) is 0. The molecular weight excluding hydrogens is 295 g/mol. The molecule has 0 aliphatic heterocycles. The molecule has 2 rings (SSSR count). The highest BCUT2D eigenvalue weighted by atomic mass is 127. The van der Waals surface area contributed by atoms with E-state index in [-0.39, 0.29) is 0 Å². The van der Waals surface area contributed by atoms with Crippen molar-refractivity contribution in [1.82, 2.24) is 0 Å². The summed E-state index contributed by atoms with van der Waals surface area (Å²) in [6.45, 7) is 2.18. The van der Waals surface area contributed by atoms with Gasteiger partial charge in [0.25, 0.3) is 0 Å². The van der Waals surface area contributed by atoms with Gasteiger partial charge < -0.3 is 0 Å². The molecule has 0 bridgehead atoms. The fraction of sp³-hybridized carbons (Fsp3) is 0.143. The number of benzene rings is 2. The zero-order valence-electron chi connectivity index (χ0n) is 8.70. The fourth-order valence-electron chi connectivity index (χ4n) is 1.58. The lowest BCUT2D eigenvalue weighted by Gasteiger charge is -2.03. The maximum atomic E-state index is 2.33. The Morgan fingerprint density at radius 3 is 1.73 bits per heavy atom. The van der Waals surface area contributed by atoms with Crippen LogP contribution >= 0.6 is 22.6 Å². The zero-order valence-corrected chi connectivity index (χ0v) is 10.9. The van der Waals surface area contributed by atoms with E-state index in [9.17, 15) is 0 Å². The second kappa shape index (κ2) is 4.79. The molecule has 76 valence electrons. The summed E-state index contributed by atoms with van der Waals surface area (Å²) in [6, 6.07) is 17.4. The van der Waals surface area contributed by atoms with E-state index in [1.165, 1.54) is 20.3 Å². The summed E-state index contributed by atoms with van der Waals surface area (Å²) < 4.78 is 1.28. The molecular formula is C14H13I. The average molecular weight is 308 g/mol. The Bertz CT molecular complexity index is 426. The Morgan fingerprint density at radius 2 is 1.27 bits per heavy atom. The Labute approximate surface area is 104 Å². The lowest BCUT2D eigenvalue weighted by Crippen LogP contribution is -1.81. The Balaban J connectivity index is 2.33. The number of rotatable bonds is 2. The molecule has 0 radical (unpaired) electrons. The van der Waals surface area contributed by atoms with Gasteiger partial charge in [-0.2, -0.15) is 0 Å². The molecule has 1 heteroatoms. The van der Waals surface area contributed by atoms with E-state index in [0.29, 0.717) is 0 Å². The van der Waals surface area contributed by atoms with Crippen LogP contribution < -0.4 is 0 Å². The van der Waals surface area contributed by atoms with Gasteiger partial charge in [0.15, 0.2) is 0 Å². The van der Waals surface area contributed by atoms with Crippen LogP contribution in [0.25, 0.3) is 11.1 Å². The van der Waals surface area contributed by atoms with Crippen molar-refractivity contribution in [1.29, 1.82) is 0 Å². The molecule has 2 aromatic rings. The summed E-state index contributed by atoms with van der Waals surface area (Å²) in [5.41, 5.74) is 3.98. The van der Waals surface area contributed by atoms with Crippen LogP contribution in [0.2, 0.25) is 0 Å². The fourth-order valence-corrected chi connectivity index (χ4v) is 1.93. The molecule has 0 atom stereocenters. The first-order valence-electron chi connectivity index (χ1n) is 5.14. The smallest absolute Gasteiger partial charge is 0.0130 e. The summed E-state index contributed by atoms with van der Waals surface area (Å²) in [4.78, 5) is 0. The molecule has 0 spiro atoms. The summed E-state index contributed by atoms with van der Waals surface area (Å²) in [5, 5.41) is 0. The van der Waals surface area contributed by atoms with Crippen LogP contribution in [0.1, 0.15) is 12.5 Å². The van der Waals surface area contributed by atoms with Gasteiger partial charge in [0.1, 0.15) is 0 Å². The summed E-state index contributed by atoms with van der Waals surface area (Å²) >= 11 is 2.33. The first-order valence-corrected chi connectivity index (χ1v) is 6.22. The highest BCUT2D eigenvalue weighted by molar-refractivity contribution is 14.1. The summed E-state index contributed by atoms with van der Waals surface area (Å²) in [6.07, 6.45) is 1.10. The number of halogens is 1. The minimum Gasteiger partial charge on any atom is -0.0613 e. The number of hydrogen-bond acceptors (Lipinski definition) is 0. The lowest BCUT2D eigenvalue weighted by atomic mass is 10.0. The second-order valence-corrected chi connectivity index (χ2v) is 4.80. The minimum absolute atomic E-state index is 1.10. The van der Waals surface area contributed by atoms with Gasteiger partial charge in [-0.15, -0.1) is 0 Å².